The second-order valence-corrected chi connectivity index (χ2v) is 5.74. The molecule has 0 heterocycles. The first-order valence-electron chi connectivity index (χ1n) is 9.09. The van der Waals surface area contributed by atoms with Gasteiger partial charge in [-0.05, 0) is 76.5 Å². The van der Waals surface area contributed by atoms with Gasteiger partial charge in [0.2, 0.25) is 0 Å². The molecular weight excluding hydrogens is 371 g/mol. The maximum atomic E-state index is 9.84. The van der Waals surface area contributed by atoms with Gasteiger partial charge in [0.25, 0.3) is 0 Å². The molecule has 2 fully saturated rings. The second-order valence-electron chi connectivity index (χ2n) is 5.74. The van der Waals surface area contributed by atoms with E-state index in [1.807, 2.05) is 64.2 Å². The quantitative estimate of drug-likeness (QED) is 0.520. The Morgan fingerprint density at radius 3 is 1.50 bits per heavy atom. The Balaban J connectivity index is 0. The molecule has 0 spiro atoms. The first-order chi connectivity index (χ1) is 11.3. The van der Waals surface area contributed by atoms with Gasteiger partial charge in [0.15, 0.2) is 0 Å². The van der Waals surface area contributed by atoms with Crippen LogP contribution in [0.4, 0.5) is 0 Å². The Morgan fingerprint density at radius 2 is 1.21 bits per heavy atom. The molecule has 2 aliphatic rings. The van der Waals surface area contributed by atoms with Crippen molar-refractivity contribution in [1.82, 2.24) is 0 Å². The molecule has 2 heteroatoms. The van der Waals surface area contributed by atoms with Crippen LogP contribution < -0.4 is 0 Å². The van der Waals surface area contributed by atoms with Crippen LogP contribution in [0, 0.1) is 76.5 Å². The summed E-state index contributed by atoms with van der Waals surface area (Å²) < 4.78 is 0. The zero-order valence-electron chi connectivity index (χ0n) is 15.7. The Labute approximate surface area is 172 Å². The smallest absolute Gasteiger partial charge is 0.0300 e. The molecule has 0 saturated heterocycles. The van der Waals surface area contributed by atoms with Crippen molar-refractivity contribution in [2.45, 2.75) is 65.4 Å². The molecule has 134 valence electrons. The van der Waals surface area contributed by atoms with E-state index in [1.165, 1.54) is 19.3 Å². The zero-order chi connectivity index (χ0) is 17.2. The SMILES string of the molecule is CC[CH-]CC(O)C(CC)CCCC.[CH]1[CH][CH][CH][CH]1.[CH]1[CH][CH][CH][CH]1.[Zr]. The molecular formula is C22H35OZr-. The first kappa shape index (κ1) is 27.1. The van der Waals surface area contributed by atoms with E-state index in [0.29, 0.717) is 5.92 Å². The van der Waals surface area contributed by atoms with Gasteiger partial charge in [-0.1, -0.05) is 40.0 Å². The Kier molecular flexibility index (Phi) is 24.7. The van der Waals surface area contributed by atoms with E-state index in [0.717, 1.165) is 19.3 Å². The largest absolute Gasteiger partial charge is 0.396 e. The molecule has 1 nitrogen and oxygen atoms in total. The molecule has 2 saturated carbocycles. The van der Waals surface area contributed by atoms with Gasteiger partial charge in [-0.25, -0.2) is 0 Å². The second kappa shape index (κ2) is 21.9. The summed E-state index contributed by atoms with van der Waals surface area (Å²) in [5, 5.41) is 9.84. The molecule has 0 aromatic rings. The molecule has 2 unspecified atom stereocenters. The zero-order valence-corrected chi connectivity index (χ0v) is 18.2. The normalized spacial score (nSPS) is 18.5. The van der Waals surface area contributed by atoms with Gasteiger partial charge < -0.3 is 11.5 Å². The minimum atomic E-state index is -0.100. The summed E-state index contributed by atoms with van der Waals surface area (Å²) >= 11 is 0. The monoisotopic (exact) mass is 405 g/mol. The summed E-state index contributed by atoms with van der Waals surface area (Å²) in [6.45, 7) is 6.51. The van der Waals surface area contributed by atoms with E-state index < -0.39 is 0 Å². The molecule has 2 aliphatic carbocycles. The number of unbranched alkanes of at least 4 members (excludes halogenated alkanes) is 2. The fourth-order valence-corrected chi connectivity index (χ4v) is 2.31. The first-order valence-corrected chi connectivity index (χ1v) is 9.09. The Bertz CT molecular complexity index is 187. The number of aliphatic hydroxyl groups is 1. The van der Waals surface area contributed by atoms with E-state index in [2.05, 4.69) is 27.2 Å². The summed E-state index contributed by atoms with van der Waals surface area (Å²) in [5.74, 6) is 0.516. The third kappa shape index (κ3) is 17.7. The minimum Gasteiger partial charge on any atom is -0.396 e. The summed E-state index contributed by atoms with van der Waals surface area (Å²) in [7, 11) is 0. The van der Waals surface area contributed by atoms with Crippen LogP contribution in [-0.2, 0) is 26.2 Å². The number of hydrogen-bond donors (Lipinski definition) is 1. The minimum absolute atomic E-state index is 0. The van der Waals surface area contributed by atoms with Crippen LogP contribution in [0.15, 0.2) is 0 Å². The molecule has 10 radical (unpaired) electrons. The molecule has 24 heavy (non-hydrogen) atoms. The molecule has 0 aromatic carbocycles. The van der Waals surface area contributed by atoms with Crippen molar-refractivity contribution in [3.8, 4) is 0 Å². The fourth-order valence-electron chi connectivity index (χ4n) is 2.31. The van der Waals surface area contributed by atoms with Crippen LogP contribution in [-0.4, -0.2) is 11.2 Å². The summed E-state index contributed by atoms with van der Waals surface area (Å²) in [6, 6.07) is 0. The van der Waals surface area contributed by atoms with Crippen molar-refractivity contribution in [3.63, 3.8) is 0 Å². The molecule has 2 atom stereocenters. The van der Waals surface area contributed by atoms with E-state index in [-0.39, 0.29) is 32.3 Å². The number of aliphatic hydroxyl groups excluding tert-OH is 1. The van der Waals surface area contributed by atoms with Gasteiger partial charge in [0.1, 0.15) is 0 Å². The van der Waals surface area contributed by atoms with Crippen LogP contribution in [0.3, 0.4) is 0 Å². The van der Waals surface area contributed by atoms with Gasteiger partial charge in [-0.3, -0.25) is 0 Å². The topological polar surface area (TPSA) is 20.2 Å². The van der Waals surface area contributed by atoms with E-state index >= 15 is 0 Å². The molecule has 0 bridgehead atoms. The van der Waals surface area contributed by atoms with E-state index in [4.69, 9.17) is 0 Å². The molecule has 2 rings (SSSR count). The number of rotatable bonds is 8. The summed E-state index contributed by atoms with van der Waals surface area (Å²) in [5.41, 5.74) is 0. The van der Waals surface area contributed by atoms with Crippen molar-refractivity contribution in [2.75, 3.05) is 0 Å². The molecule has 1 N–H and O–H groups in total. The third-order valence-electron chi connectivity index (χ3n) is 3.80. The van der Waals surface area contributed by atoms with Crippen LogP contribution in [0.2, 0.25) is 0 Å². The van der Waals surface area contributed by atoms with Crippen molar-refractivity contribution in [1.29, 1.82) is 0 Å². The molecule has 0 amide bonds. The van der Waals surface area contributed by atoms with Gasteiger partial charge in [-0.2, -0.15) is 12.8 Å². The average Bonchev–Trinajstić information content (AvgIpc) is 3.31. The Morgan fingerprint density at radius 1 is 0.792 bits per heavy atom. The van der Waals surface area contributed by atoms with Crippen LogP contribution >= 0.6 is 0 Å². The Hall–Kier alpha value is 0.843. The van der Waals surface area contributed by atoms with E-state index in [1.54, 1.807) is 0 Å². The average molecular weight is 407 g/mol. The fraction of sp³-hybridized carbons (Fsp3) is 0.500. The maximum Gasteiger partial charge on any atom is 0.0300 e. The molecule has 0 aromatic heterocycles. The van der Waals surface area contributed by atoms with Crippen molar-refractivity contribution in [3.05, 3.63) is 70.6 Å². The van der Waals surface area contributed by atoms with Crippen molar-refractivity contribution >= 4 is 0 Å². The predicted molar refractivity (Wildman–Crippen MR) is 102 cm³/mol. The van der Waals surface area contributed by atoms with Crippen LogP contribution in [0.5, 0.6) is 0 Å². The summed E-state index contributed by atoms with van der Waals surface area (Å²) in [6.07, 6.45) is 28.8. The van der Waals surface area contributed by atoms with E-state index in [9.17, 15) is 5.11 Å². The maximum absolute atomic E-state index is 9.84. The molecule has 0 aliphatic heterocycles. The number of hydrogen-bond acceptors (Lipinski definition) is 1. The predicted octanol–water partition coefficient (Wildman–Crippen LogP) is 5.61. The van der Waals surface area contributed by atoms with Crippen molar-refractivity contribution in [2.24, 2.45) is 5.92 Å². The van der Waals surface area contributed by atoms with Crippen LogP contribution in [0.25, 0.3) is 0 Å². The van der Waals surface area contributed by atoms with Crippen molar-refractivity contribution < 1.29 is 31.3 Å². The summed E-state index contributed by atoms with van der Waals surface area (Å²) in [4.78, 5) is 0. The standard InChI is InChI=1S/C12H25O.2C5H5.Zr/c1-4-7-9-11(6-3)12(13)10-8-5-2;2*1-2-4-5-3-1;/h8,11-13H,4-7,9-10H2,1-3H3;2*1-5H;/q-1;;;. The van der Waals surface area contributed by atoms with Crippen LogP contribution in [0.1, 0.15) is 59.3 Å². The van der Waals surface area contributed by atoms with Gasteiger partial charge in [0.05, 0.1) is 0 Å². The van der Waals surface area contributed by atoms with Gasteiger partial charge in [-0.15, -0.1) is 0 Å². The third-order valence-corrected chi connectivity index (χ3v) is 3.80. The van der Waals surface area contributed by atoms with Gasteiger partial charge >= 0.3 is 0 Å². The van der Waals surface area contributed by atoms with Gasteiger partial charge in [0, 0.05) is 32.3 Å².